The maximum atomic E-state index is 3.77. The van der Waals surface area contributed by atoms with Crippen LogP contribution in [0.3, 0.4) is 0 Å². The first-order valence-corrected chi connectivity index (χ1v) is 8.29. The molecular formula is C16H35N3. The highest BCUT2D eigenvalue weighted by atomic mass is 15.1. The molecule has 114 valence electrons. The van der Waals surface area contributed by atoms with Crippen LogP contribution >= 0.6 is 0 Å². The maximum Gasteiger partial charge on any atom is 0.00797 e. The normalized spacial score (nSPS) is 22.1. The Labute approximate surface area is 120 Å². The average Bonchev–Trinajstić information content (AvgIpc) is 2.60. The molecule has 1 rings (SSSR count). The van der Waals surface area contributed by atoms with Gasteiger partial charge in [-0.25, -0.2) is 0 Å². The first-order valence-electron chi connectivity index (χ1n) is 8.29. The third-order valence-electron chi connectivity index (χ3n) is 4.36. The van der Waals surface area contributed by atoms with Gasteiger partial charge in [0.2, 0.25) is 0 Å². The SMILES string of the molecule is CCCN1CCCC(NCCCN(C)C(C)C)CC1. The van der Waals surface area contributed by atoms with E-state index in [0.717, 1.165) is 6.04 Å². The molecule has 1 aliphatic rings. The minimum atomic E-state index is 0.667. The molecule has 1 saturated heterocycles. The van der Waals surface area contributed by atoms with Gasteiger partial charge in [-0.3, -0.25) is 0 Å². The van der Waals surface area contributed by atoms with Crippen molar-refractivity contribution in [3.05, 3.63) is 0 Å². The topological polar surface area (TPSA) is 18.5 Å². The Morgan fingerprint density at radius 2 is 2.05 bits per heavy atom. The lowest BCUT2D eigenvalue weighted by Gasteiger charge is -2.22. The number of nitrogens with zero attached hydrogens (tertiary/aromatic N) is 2. The maximum absolute atomic E-state index is 3.77. The van der Waals surface area contributed by atoms with Crippen LogP contribution in [-0.4, -0.2) is 61.7 Å². The molecule has 0 aliphatic carbocycles. The number of nitrogens with one attached hydrogen (secondary N) is 1. The zero-order valence-corrected chi connectivity index (χ0v) is 13.6. The molecule has 0 aromatic heterocycles. The second kappa shape index (κ2) is 9.73. The lowest BCUT2D eigenvalue weighted by atomic mass is 10.1. The quantitative estimate of drug-likeness (QED) is 0.683. The van der Waals surface area contributed by atoms with E-state index in [1.54, 1.807) is 0 Å². The van der Waals surface area contributed by atoms with Gasteiger partial charge in [0.25, 0.3) is 0 Å². The van der Waals surface area contributed by atoms with E-state index in [2.05, 4.69) is 42.9 Å². The minimum Gasteiger partial charge on any atom is -0.314 e. The molecule has 0 aromatic rings. The van der Waals surface area contributed by atoms with Crippen molar-refractivity contribution in [2.45, 2.75) is 65.0 Å². The fourth-order valence-corrected chi connectivity index (χ4v) is 2.79. The molecule has 0 radical (unpaired) electrons. The summed E-state index contributed by atoms with van der Waals surface area (Å²) in [5, 5.41) is 3.77. The van der Waals surface area contributed by atoms with Crippen molar-refractivity contribution in [2.24, 2.45) is 0 Å². The zero-order chi connectivity index (χ0) is 14.1. The standard InChI is InChI=1S/C16H35N3/c1-5-11-19-13-6-8-16(9-14-19)17-10-7-12-18(4)15(2)3/h15-17H,5-14H2,1-4H3. The Morgan fingerprint density at radius 3 is 2.74 bits per heavy atom. The first kappa shape index (κ1) is 16.9. The monoisotopic (exact) mass is 269 g/mol. The molecule has 3 heteroatoms. The fraction of sp³-hybridized carbons (Fsp3) is 1.00. The predicted molar refractivity (Wildman–Crippen MR) is 84.8 cm³/mol. The van der Waals surface area contributed by atoms with Crippen molar-refractivity contribution in [2.75, 3.05) is 39.8 Å². The number of hydrogen-bond donors (Lipinski definition) is 1. The molecule has 3 nitrogen and oxygen atoms in total. The second-order valence-electron chi connectivity index (χ2n) is 6.35. The summed E-state index contributed by atoms with van der Waals surface area (Å²) in [7, 11) is 2.22. The molecule has 19 heavy (non-hydrogen) atoms. The molecule has 1 unspecified atom stereocenters. The zero-order valence-electron chi connectivity index (χ0n) is 13.6. The molecule has 1 aliphatic heterocycles. The number of rotatable bonds is 8. The van der Waals surface area contributed by atoms with Crippen molar-refractivity contribution >= 4 is 0 Å². The van der Waals surface area contributed by atoms with E-state index < -0.39 is 0 Å². The Kier molecular flexibility index (Phi) is 8.67. The number of hydrogen-bond acceptors (Lipinski definition) is 3. The van der Waals surface area contributed by atoms with Gasteiger partial charge in [0, 0.05) is 12.1 Å². The summed E-state index contributed by atoms with van der Waals surface area (Å²) in [6, 6.07) is 1.42. The van der Waals surface area contributed by atoms with Crippen LogP contribution in [0, 0.1) is 0 Å². The third kappa shape index (κ3) is 7.28. The molecule has 0 amide bonds. The van der Waals surface area contributed by atoms with Crippen LogP contribution in [0.5, 0.6) is 0 Å². The third-order valence-corrected chi connectivity index (χ3v) is 4.36. The minimum absolute atomic E-state index is 0.667. The van der Waals surface area contributed by atoms with Gasteiger partial charge in [-0.2, -0.15) is 0 Å². The molecule has 1 N–H and O–H groups in total. The molecule has 0 spiro atoms. The summed E-state index contributed by atoms with van der Waals surface area (Å²) >= 11 is 0. The predicted octanol–water partition coefficient (Wildman–Crippen LogP) is 2.57. The van der Waals surface area contributed by atoms with Crippen LogP contribution in [0.4, 0.5) is 0 Å². The lowest BCUT2D eigenvalue weighted by molar-refractivity contribution is 0.265. The van der Waals surface area contributed by atoms with Gasteiger partial charge in [-0.05, 0) is 85.7 Å². The van der Waals surface area contributed by atoms with Gasteiger partial charge in [-0.1, -0.05) is 6.92 Å². The highest BCUT2D eigenvalue weighted by molar-refractivity contribution is 4.75. The van der Waals surface area contributed by atoms with Crippen LogP contribution in [0.2, 0.25) is 0 Å². The van der Waals surface area contributed by atoms with E-state index in [-0.39, 0.29) is 0 Å². The Balaban J connectivity index is 2.09. The Morgan fingerprint density at radius 1 is 1.26 bits per heavy atom. The van der Waals surface area contributed by atoms with Crippen molar-refractivity contribution in [3.63, 3.8) is 0 Å². The van der Waals surface area contributed by atoms with E-state index >= 15 is 0 Å². The summed E-state index contributed by atoms with van der Waals surface area (Å²) in [6.07, 6.45) is 6.62. The van der Waals surface area contributed by atoms with Crippen LogP contribution in [0.25, 0.3) is 0 Å². The molecule has 0 bridgehead atoms. The summed E-state index contributed by atoms with van der Waals surface area (Å²) in [6.45, 7) is 13.1. The van der Waals surface area contributed by atoms with Gasteiger partial charge in [0.15, 0.2) is 0 Å². The Hall–Kier alpha value is -0.120. The molecule has 0 aromatic carbocycles. The van der Waals surface area contributed by atoms with E-state index in [4.69, 9.17) is 0 Å². The second-order valence-corrected chi connectivity index (χ2v) is 6.35. The molecule has 1 heterocycles. The smallest absolute Gasteiger partial charge is 0.00797 e. The molecule has 0 saturated carbocycles. The fourth-order valence-electron chi connectivity index (χ4n) is 2.79. The molecular weight excluding hydrogens is 234 g/mol. The van der Waals surface area contributed by atoms with Crippen molar-refractivity contribution in [1.82, 2.24) is 15.1 Å². The van der Waals surface area contributed by atoms with Crippen LogP contribution in [0.15, 0.2) is 0 Å². The van der Waals surface area contributed by atoms with E-state index in [1.807, 2.05) is 0 Å². The largest absolute Gasteiger partial charge is 0.314 e. The van der Waals surface area contributed by atoms with E-state index in [9.17, 15) is 0 Å². The van der Waals surface area contributed by atoms with Crippen LogP contribution in [0.1, 0.15) is 52.9 Å². The lowest BCUT2D eigenvalue weighted by Crippen LogP contribution is -2.34. The van der Waals surface area contributed by atoms with E-state index in [1.165, 1.54) is 64.8 Å². The summed E-state index contributed by atoms with van der Waals surface area (Å²) in [5.74, 6) is 0. The van der Waals surface area contributed by atoms with Crippen LogP contribution in [-0.2, 0) is 0 Å². The van der Waals surface area contributed by atoms with Crippen LogP contribution < -0.4 is 5.32 Å². The van der Waals surface area contributed by atoms with Gasteiger partial charge in [0.1, 0.15) is 0 Å². The Bertz CT molecular complexity index is 218. The summed E-state index contributed by atoms with van der Waals surface area (Å²) < 4.78 is 0. The average molecular weight is 269 g/mol. The van der Waals surface area contributed by atoms with Crippen molar-refractivity contribution in [1.29, 1.82) is 0 Å². The van der Waals surface area contributed by atoms with E-state index in [0.29, 0.717) is 6.04 Å². The van der Waals surface area contributed by atoms with Crippen molar-refractivity contribution < 1.29 is 0 Å². The van der Waals surface area contributed by atoms with Gasteiger partial charge in [-0.15, -0.1) is 0 Å². The first-order chi connectivity index (χ1) is 9.13. The van der Waals surface area contributed by atoms with Gasteiger partial charge in [0.05, 0.1) is 0 Å². The highest BCUT2D eigenvalue weighted by Gasteiger charge is 2.15. The van der Waals surface area contributed by atoms with Gasteiger partial charge < -0.3 is 15.1 Å². The number of likely N-dealkylation sites (tertiary alicyclic amines) is 1. The van der Waals surface area contributed by atoms with Gasteiger partial charge >= 0.3 is 0 Å². The summed E-state index contributed by atoms with van der Waals surface area (Å²) in [4.78, 5) is 5.06. The molecule has 1 atom stereocenters. The molecule has 1 fully saturated rings. The highest BCUT2D eigenvalue weighted by Crippen LogP contribution is 2.11. The summed E-state index contributed by atoms with van der Waals surface area (Å²) in [5.41, 5.74) is 0. The van der Waals surface area contributed by atoms with Crippen molar-refractivity contribution in [3.8, 4) is 0 Å².